The van der Waals surface area contributed by atoms with E-state index in [9.17, 15) is 4.79 Å². The Bertz CT molecular complexity index is 742. The molecule has 1 fully saturated rings. The zero-order valence-corrected chi connectivity index (χ0v) is 13.8. The van der Waals surface area contributed by atoms with Crippen molar-refractivity contribution in [2.45, 2.75) is 32.6 Å². The fourth-order valence-electron chi connectivity index (χ4n) is 4.10. The summed E-state index contributed by atoms with van der Waals surface area (Å²) in [5.74, 6) is 0.851. The van der Waals surface area contributed by atoms with Crippen LogP contribution in [0, 0.1) is 5.92 Å². The van der Waals surface area contributed by atoms with Crippen LogP contribution in [-0.2, 0) is 17.6 Å². The third-order valence-electron chi connectivity index (χ3n) is 5.32. The van der Waals surface area contributed by atoms with Gasteiger partial charge in [-0.1, -0.05) is 31.2 Å². The van der Waals surface area contributed by atoms with Crippen LogP contribution in [0.4, 0.5) is 5.69 Å². The minimum Gasteiger partial charge on any atom is -0.376 e. The lowest BCUT2D eigenvalue weighted by Crippen LogP contribution is -2.41. The second-order valence-corrected chi connectivity index (χ2v) is 7.05. The van der Waals surface area contributed by atoms with Gasteiger partial charge in [0.2, 0.25) is 5.91 Å². The van der Waals surface area contributed by atoms with Crippen molar-refractivity contribution in [2.75, 3.05) is 25.0 Å². The standard InChI is InChI=1S/C20H24N2O/c1-14-4-3-11-22(13-14)19(23)12-21-18-10-9-16-8-7-15-5-2-6-17(18)20(15)16/h2,5-6,9-10,14,21H,3-4,7-8,11-13H2,1H3. The molecular weight excluding hydrogens is 284 g/mol. The Balaban J connectivity index is 1.52. The molecule has 2 aromatic rings. The zero-order valence-electron chi connectivity index (χ0n) is 13.8. The second-order valence-electron chi connectivity index (χ2n) is 7.05. The van der Waals surface area contributed by atoms with Crippen LogP contribution in [0.15, 0.2) is 30.3 Å². The Morgan fingerprint density at radius 2 is 2.04 bits per heavy atom. The zero-order chi connectivity index (χ0) is 15.8. The maximum atomic E-state index is 12.5. The highest BCUT2D eigenvalue weighted by Gasteiger charge is 2.21. The van der Waals surface area contributed by atoms with Gasteiger partial charge in [-0.25, -0.2) is 0 Å². The van der Waals surface area contributed by atoms with Crippen LogP contribution < -0.4 is 5.32 Å². The van der Waals surface area contributed by atoms with Gasteiger partial charge in [-0.2, -0.15) is 0 Å². The van der Waals surface area contributed by atoms with E-state index in [0.717, 1.165) is 38.0 Å². The van der Waals surface area contributed by atoms with Crippen LogP contribution in [0.5, 0.6) is 0 Å². The van der Waals surface area contributed by atoms with Crippen molar-refractivity contribution in [1.29, 1.82) is 0 Å². The Kier molecular flexibility index (Phi) is 3.72. The molecule has 1 aliphatic carbocycles. The molecule has 0 saturated carbocycles. The van der Waals surface area contributed by atoms with E-state index in [2.05, 4.69) is 42.6 Å². The Hall–Kier alpha value is -2.03. The molecule has 1 N–H and O–H groups in total. The molecule has 1 amide bonds. The third-order valence-corrected chi connectivity index (χ3v) is 5.32. The summed E-state index contributed by atoms with van der Waals surface area (Å²) in [6.07, 6.45) is 4.65. The van der Waals surface area contributed by atoms with Crippen LogP contribution in [0.1, 0.15) is 30.9 Å². The summed E-state index contributed by atoms with van der Waals surface area (Å²) < 4.78 is 0. The molecule has 1 atom stereocenters. The highest BCUT2D eigenvalue weighted by Crippen LogP contribution is 2.34. The van der Waals surface area contributed by atoms with Gasteiger partial charge in [-0.3, -0.25) is 4.79 Å². The van der Waals surface area contributed by atoms with Gasteiger partial charge in [0.25, 0.3) is 0 Å². The number of hydrogen-bond donors (Lipinski definition) is 1. The summed E-state index contributed by atoms with van der Waals surface area (Å²) in [5.41, 5.74) is 3.97. The van der Waals surface area contributed by atoms with Crippen LogP contribution in [0.3, 0.4) is 0 Å². The molecule has 2 aromatic carbocycles. The van der Waals surface area contributed by atoms with E-state index in [-0.39, 0.29) is 5.91 Å². The number of amides is 1. The van der Waals surface area contributed by atoms with E-state index in [1.165, 1.54) is 28.3 Å². The lowest BCUT2D eigenvalue weighted by molar-refractivity contribution is -0.130. The number of benzene rings is 2. The van der Waals surface area contributed by atoms with Crippen molar-refractivity contribution in [3.05, 3.63) is 41.5 Å². The Morgan fingerprint density at radius 3 is 2.87 bits per heavy atom. The highest BCUT2D eigenvalue weighted by molar-refractivity contribution is 6.00. The number of rotatable bonds is 3. The number of likely N-dealkylation sites (tertiary alicyclic amines) is 1. The minimum absolute atomic E-state index is 0.222. The van der Waals surface area contributed by atoms with Gasteiger partial charge < -0.3 is 10.2 Å². The molecule has 3 heteroatoms. The molecule has 23 heavy (non-hydrogen) atoms. The van der Waals surface area contributed by atoms with Crippen LogP contribution in [0.2, 0.25) is 0 Å². The van der Waals surface area contributed by atoms with Gasteiger partial charge in [0.1, 0.15) is 0 Å². The highest BCUT2D eigenvalue weighted by atomic mass is 16.2. The minimum atomic E-state index is 0.222. The van der Waals surface area contributed by atoms with Crippen LogP contribution in [-0.4, -0.2) is 30.4 Å². The molecular formula is C20H24N2O. The Morgan fingerprint density at radius 1 is 1.22 bits per heavy atom. The van der Waals surface area contributed by atoms with Crippen molar-refractivity contribution in [3.63, 3.8) is 0 Å². The first-order valence-corrected chi connectivity index (χ1v) is 8.77. The first kappa shape index (κ1) is 14.6. The number of nitrogens with one attached hydrogen (secondary N) is 1. The average molecular weight is 308 g/mol. The van der Waals surface area contributed by atoms with E-state index in [1.807, 2.05) is 4.90 Å². The molecule has 4 rings (SSSR count). The van der Waals surface area contributed by atoms with Crippen molar-refractivity contribution < 1.29 is 4.79 Å². The summed E-state index contributed by atoms with van der Waals surface area (Å²) in [4.78, 5) is 14.5. The number of carbonyl (C=O) groups excluding carboxylic acids is 1. The van der Waals surface area contributed by atoms with E-state index in [4.69, 9.17) is 0 Å². The third kappa shape index (κ3) is 2.69. The van der Waals surface area contributed by atoms with E-state index in [0.29, 0.717) is 12.5 Å². The van der Waals surface area contributed by atoms with E-state index >= 15 is 0 Å². The first-order valence-electron chi connectivity index (χ1n) is 8.77. The van der Waals surface area contributed by atoms with Gasteiger partial charge in [-0.05, 0) is 54.2 Å². The fraction of sp³-hybridized carbons (Fsp3) is 0.450. The molecule has 0 bridgehead atoms. The Labute approximate surface area is 137 Å². The van der Waals surface area contributed by atoms with Crippen molar-refractivity contribution in [1.82, 2.24) is 4.90 Å². The maximum Gasteiger partial charge on any atom is 0.241 e. The molecule has 1 aliphatic heterocycles. The lowest BCUT2D eigenvalue weighted by Gasteiger charge is -2.31. The molecule has 2 aliphatic rings. The topological polar surface area (TPSA) is 32.3 Å². The molecule has 0 aromatic heterocycles. The number of piperidine rings is 1. The predicted molar refractivity (Wildman–Crippen MR) is 94.8 cm³/mol. The quantitative estimate of drug-likeness (QED) is 0.939. The summed E-state index contributed by atoms with van der Waals surface area (Å²) in [5, 5.41) is 6.05. The van der Waals surface area contributed by atoms with Crippen molar-refractivity contribution in [2.24, 2.45) is 5.92 Å². The average Bonchev–Trinajstić information content (AvgIpc) is 2.99. The number of anilines is 1. The number of hydrogen-bond acceptors (Lipinski definition) is 2. The fourth-order valence-corrected chi connectivity index (χ4v) is 4.10. The lowest BCUT2D eigenvalue weighted by atomic mass is 10.0. The molecule has 0 radical (unpaired) electrons. The smallest absolute Gasteiger partial charge is 0.241 e. The molecule has 1 unspecified atom stereocenters. The maximum absolute atomic E-state index is 12.5. The summed E-state index contributed by atoms with van der Waals surface area (Å²) >= 11 is 0. The van der Waals surface area contributed by atoms with Crippen LogP contribution >= 0.6 is 0 Å². The molecule has 0 spiro atoms. The van der Waals surface area contributed by atoms with E-state index in [1.54, 1.807) is 0 Å². The van der Waals surface area contributed by atoms with Gasteiger partial charge in [-0.15, -0.1) is 0 Å². The van der Waals surface area contributed by atoms with Gasteiger partial charge in [0.15, 0.2) is 0 Å². The number of carbonyl (C=O) groups is 1. The monoisotopic (exact) mass is 308 g/mol. The predicted octanol–water partition coefficient (Wildman–Crippen LogP) is 3.61. The largest absolute Gasteiger partial charge is 0.376 e. The summed E-state index contributed by atoms with van der Waals surface area (Å²) in [7, 11) is 0. The SMILES string of the molecule is CC1CCCN(C(=O)CNc2ccc3c4c(cccc24)CC3)C1. The molecule has 120 valence electrons. The van der Waals surface area contributed by atoms with Crippen molar-refractivity contribution in [3.8, 4) is 0 Å². The number of nitrogens with zero attached hydrogens (tertiary/aromatic N) is 1. The molecule has 3 nitrogen and oxygen atoms in total. The van der Waals surface area contributed by atoms with Gasteiger partial charge in [0.05, 0.1) is 6.54 Å². The van der Waals surface area contributed by atoms with Gasteiger partial charge >= 0.3 is 0 Å². The molecule has 1 heterocycles. The van der Waals surface area contributed by atoms with Crippen LogP contribution in [0.25, 0.3) is 10.8 Å². The van der Waals surface area contributed by atoms with Crippen molar-refractivity contribution >= 4 is 22.4 Å². The van der Waals surface area contributed by atoms with E-state index < -0.39 is 0 Å². The second kappa shape index (κ2) is 5.88. The first-order chi connectivity index (χ1) is 11.2. The number of aryl methyl sites for hydroxylation is 2. The summed E-state index contributed by atoms with van der Waals surface area (Å²) in [6.45, 7) is 4.44. The molecule has 1 saturated heterocycles. The normalized spacial score (nSPS) is 20.0. The summed E-state index contributed by atoms with van der Waals surface area (Å²) in [6, 6.07) is 10.9. The van der Waals surface area contributed by atoms with Gasteiger partial charge in [0, 0.05) is 24.2 Å².